The second-order valence-corrected chi connectivity index (χ2v) is 8.65. The van der Waals surface area contributed by atoms with E-state index in [1.54, 1.807) is 15.6 Å². The standard InChI is InChI=1S/C17H22N2O2S2/c20-23(21,15-16-5-2-1-3-6-16)19-9-4-8-18(10-11-19)13-17-7-12-22-14-17/h1-3,5-7,12,14H,4,8-11,13,15H2. The zero-order chi connectivity index (χ0) is 16.1. The molecule has 1 aromatic carbocycles. The molecule has 4 nitrogen and oxygen atoms in total. The van der Waals surface area contributed by atoms with Gasteiger partial charge >= 0.3 is 0 Å². The lowest BCUT2D eigenvalue weighted by molar-refractivity contribution is 0.279. The predicted octanol–water partition coefficient (Wildman–Crippen LogP) is 2.79. The summed E-state index contributed by atoms with van der Waals surface area (Å²) in [5, 5.41) is 4.25. The van der Waals surface area contributed by atoms with Crippen LogP contribution in [-0.4, -0.2) is 43.8 Å². The Balaban J connectivity index is 1.60. The second kappa shape index (κ2) is 7.57. The van der Waals surface area contributed by atoms with Gasteiger partial charge in [0.25, 0.3) is 0 Å². The summed E-state index contributed by atoms with van der Waals surface area (Å²) in [6, 6.07) is 11.6. The van der Waals surface area contributed by atoms with Crippen LogP contribution in [0.3, 0.4) is 0 Å². The van der Waals surface area contributed by atoms with E-state index < -0.39 is 10.0 Å². The predicted molar refractivity (Wildman–Crippen MR) is 94.9 cm³/mol. The first-order chi connectivity index (χ1) is 11.1. The van der Waals surface area contributed by atoms with Crippen molar-refractivity contribution < 1.29 is 8.42 Å². The summed E-state index contributed by atoms with van der Waals surface area (Å²) >= 11 is 1.71. The molecule has 0 atom stereocenters. The topological polar surface area (TPSA) is 40.6 Å². The molecule has 0 saturated carbocycles. The van der Waals surface area contributed by atoms with E-state index in [1.807, 2.05) is 30.3 Å². The fourth-order valence-corrected chi connectivity index (χ4v) is 5.12. The summed E-state index contributed by atoms with van der Waals surface area (Å²) in [5.74, 6) is 0.0956. The maximum atomic E-state index is 12.6. The van der Waals surface area contributed by atoms with Crippen molar-refractivity contribution in [2.45, 2.75) is 18.7 Å². The van der Waals surface area contributed by atoms with E-state index >= 15 is 0 Å². The van der Waals surface area contributed by atoms with Gasteiger partial charge in [-0.25, -0.2) is 12.7 Å². The minimum atomic E-state index is -3.24. The molecular formula is C17H22N2O2S2. The van der Waals surface area contributed by atoms with E-state index in [4.69, 9.17) is 0 Å². The Kier molecular flexibility index (Phi) is 5.48. The van der Waals surface area contributed by atoms with Crippen LogP contribution in [0.1, 0.15) is 17.5 Å². The molecule has 1 saturated heterocycles. The normalized spacial score (nSPS) is 17.9. The molecule has 1 aliphatic heterocycles. The minimum Gasteiger partial charge on any atom is -0.298 e. The van der Waals surface area contributed by atoms with Gasteiger partial charge in [0.2, 0.25) is 10.0 Å². The molecule has 0 unspecified atom stereocenters. The SMILES string of the molecule is O=S(=O)(Cc1ccccc1)N1CCCN(Cc2ccsc2)CC1. The number of nitrogens with zero attached hydrogens (tertiary/aromatic N) is 2. The van der Waals surface area contributed by atoms with Gasteiger partial charge in [-0.15, -0.1) is 0 Å². The molecule has 0 N–H and O–H groups in total. The first-order valence-corrected chi connectivity index (χ1v) is 10.4. The average molecular weight is 351 g/mol. The Labute approximate surface area is 142 Å². The Bertz CT molecular complexity index is 699. The zero-order valence-corrected chi connectivity index (χ0v) is 14.7. The van der Waals surface area contributed by atoms with E-state index in [9.17, 15) is 8.42 Å². The number of hydrogen-bond donors (Lipinski definition) is 0. The number of benzene rings is 1. The molecule has 1 aromatic heterocycles. The smallest absolute Gasteiger partial charge is 0.218 e. The van der Waals surface area contributed by atoms with Gasteiger partial charge < -0.3 is 0 Å². The van der Waals surface area contributed by atoms with Crippen LogP contribution in [0, 0.1) is 0 Å². The van der Waals surface area contributed by atoms with Crippen molar-refractivity contribution >= 4 is 21.4 Å². The third kappa shape index (κ3) is 4.64. The van der Waals surface area contributed by atoms with Crippen LogP contribution >= 0.6 is 11.3 Å². The van der Waals surface area contributed by atoms with E-state index in [0.717, 1.165) is 31.6 Å². The molecule has 1 aliphatic rings. The maximum absolute atomic E-state index is 12.6. The molecule has 6 heteroatoms. The van der Waals surface area contributed by atoms with Crippen molar-refractivity contribution in [2.24, 2.45) is 0 Å². The van der Waals surface area contributed by atoms with Crippen LogP contribution in [-0.2, 0) is 22.3 Å². The van der Waals surface area contributed by atoms with Gasteiger partial charge in [-0.05, 0) is 40.9 Å². The van der Waals surface area contributed by atoms with E-state index in [0.29, 0.717) is 13.1 Å². The lowest BCUT2D eigenvalue weighted by atomic mass is 10.2. The summed E-state index contributed by atoms with van der Waals surface area (Å²) in [7, 11) is -3.24. The Morgan fingerprint density at radius 2 is 1.78 bits per heavy atom. The molecule has 0 amide bonds. The van der Waals surface area contributed by atoms with Crippen LogP contribution in [0.4, 0.5) is 0 Å². The van der Waals surface area contributed by atoms with E-state index in [-0.39, 0.29) is 5.75 Å². The fraction of sp³-hybridized carbons (Fsp3) is 0.412. The molecular weight excluding hydrogens is 328 g/mol. The van der Waals surface area contributed by atoms with Crippen molar-refractivity contribution in [1.29, 1.82) is 0 Å². The highest BCUT2D eigenvalue weighted by Crippen LogP contribution is 2.16. The zero-order valence-electron chi connectivity index (χ0n) is 13.1. The molecule has 0 radical (unpaired) electrons. The lowest BCUT2D eigenvalue weighted by Gasteiger charge is -2.21. The second-order valence-electron chi connectivity index (χ2n) is 5.90. The molecule has 2 aromatic rings. The van der Waals surface area contributed by atoms with Crippen LogP contribution in [0.5, 0.6) is 0 Å². The van der Waals surface area contributed by atoms with E-state index in [2.05, 4.69) is 21.7 Å². The Morgan fingerprint density at radius 3 is 2.52 bits per heavy atom. The Hall–Kier alpha value is -1.21. The molecule has 0 spiro atoms. The van der Waals surface area contributed by atoms with Gasteiger partial charge in [0.05, 0.1) is 5.75 Å². The first-order valence-electron chi connectivity index (χ1n) is 7.89. The highest BCUT2D eigenvalue weighted by Gasteiger charge is 2.25. The maximum Gasteiger partial charge on any atom is 0.218 e. The van der Waals surface area contributed by atoms with Crippen molar-refractivity contribution in [3.8, 4) is 0 Å². The van der Waals surface area contributed by atoms with Crippen molar-refractivity contribution in [1.82, 2.24) is 9.21 Å². The summed E-state index contributed by atoms with van der Waals surface area (Å²) in [6.45, 7) is 3.86. The van der Waals surface area contributed by atoms with Gasteiger partial charge in [0, 0.05) is 26.2 Å². The first kappa shape index (κ1) is 16.6. The Morgan fingerprint density at radius 1 is 0.957 bits per heavy atom. The largest absolute Gasteiger partial charge is 0.298 e. The number of sulfonamides is 1. The van der Waals surface area contributed by atoms with Crippen LogP contribution in [0.2, 0.25) is 0 Å². The molecule has 0 bridgehead atoms. The van der Waals surface area contributed by atoms with Crippen LogP contribution in [0.25, 0.3) is 0 Å². The van der Waals surface area contributed by atoms with Gasteiger partial charge in [-0.1, -0.05) is 30.3 Å². The number of rotatable bonds is 5. The molecule has 1 fully saturated rings. The number of thiophene rings is 1. The van der Waals surface area contributed by atoms with Crippen molar-refractivity contribution in [3.63, 3.8) is 0 Å². The molecule has 124 valence electrons. The van der Waals surface area contributed by atoms with Crippen LogP contribution in [0.15, 0.2) is 47.2 Å². The van der Waals surface area contributed by atoms with Gasteiger partial charge in [0.1, 0.15) is 0 Å². The van der Waals surface area contributed by atoms with Crippen LogP contribution < -0.4 is 0 Å². The third-order valence-electron chi connectivity index (χ3n) is 4.12. The summed E-state index contributed by atoms with van der Waals surface area (Å²) in [6.07, 6.45) is 0.887. The van der Waals surface area contributed by atoms with Crippen molar-refractivity contribution in [3.05, 3.63) is 58.3 Å². The molecule has 2 heterocycles. The highest BCUT2D eigenvalue weighted by molar-refractivity contribution is 7.88. The highest BCUT2D eigenvalue weighted by atomic mass is 32.2. The summed E-state index contributed by atoms with van der Waals surface area (Å²) < 4.78 is 26.9. The van der Waals surface area contributed by atoms with E-state index in [1.165, 1.54) is 5.56 Å². The van der Waals surface area contributed by atoms with Gasteiger partial charge in [0.15, 0.2) is 0 Å². The molecule has 0 aliphatic carbocycles. The lowest BCUT2D eigenvalue weighted by Crippen LogP contribution is -2.35. The fourth-order valence-electron chi connectivity index (χ4n) is 2.90. The number of hydrogen-bond acceptors (Lipinski definition) is 4. The molecule has 23 heavy (non-hydrogen) atoms. The van der Waals surface area contributed by atoms with Gasteiger partial charge in [-0.3, -0.25) is 4.90 Å². The van der Waals surface area contributed by atoms with Gasteiger partial charge in [-0.2, -0.15) is 11.3 Å². The summed E-state index contributed by atoms with van der Waals surface area (Å²) in [4.78, 5) is 2.35. The monoisotopic (exact) mass is 350 g/mol. The minimum absolute atomic E-state index is 0.0956. The quantitative estimate of drug-likeness (QED) is 0.832. The average Bonchev–Trinajstić information content (AvgIpc) is 2.91. The molecule has 3 rings (SSSR count). The summed E-state index contributed by atoms with van der Waals surface area (Å²) in [5.41, 5.74) is 2.17. The third-order valence-corrected chi connectivity index (χ3v) is 6.70. The van der Waals surface area contributed by atoms with Crippen molar-refractivity contribution in [2.75, 3.05) is 26.2 Å².